The molecule has 6 aromatic heterocycles. The summed E-state index contributed by atoms with van der Waals surface area (Å²) < 4.78 is 7.99. The standard InChI is InChI=1S/C23H21N3.C22H21N4.Ir/c1-18-8-7-9-19(2)23(18)20-14-21(16-25-10-3-4-11-25)24-22(15-20)17-26-12-5-6-13-26;1-17-7-5-8-18(2)22(17)19-13-20(15-25-10-3-4-11-25)24-21(14-19)16-26-12-6-9-23-26;/h3-10,12,14-15H,16-17H2,1-2H3;3-10,12-14H,15-16H2,1-2H3;/q-2;-1;+3. The van der Waals surface area contributed by atoms with Crippen LogP contribution in [0.4, 0.5) is 0 Å². The molecule has 8 aromatic rings. The van der Waals surface area contributed by atoms with Crippen molar-refractivity contribution in [2.75, 3.05) is 0 Å². The van der Waals surface area contributed by atoms with Crippen molar-refractivity contribution in [1.82, 2.24) is 33.4 Å². The molecule has 0 aliphatic carbocycles. The minimum absolute atomic E-state index is 0. The van der Waals surface area contributed by atoms with E-state index in [1.807, 2.05) is 85.6 Å². The molecule has 266 valence electrons. The zero-order chi connectivity index (χ0) is 35.9. The monoisotopic (exact) mass is 873 g/mol. The summed E-state index contributed by atoms with van der Waals surface area (Å²) in [4.78, 5) is 9.75. The van der Waals surface area contributed by atoms with Gasteiger partial charge in [0.15, 0.2) is 0 Å². The summed E-state index contributed by atoms with van der Waals surface area (Å²) in [7, 11) is 0. The second kappa shape index (κ2) is 17.3. The second-order valence-electron chi connectivity index (χ2n) is 13.2. The van der Waals surface area contributed by atoms with Gasteiger partial charge in [-0.25, -0.2) is 0 Å². The first-order valence-electron chi connectivity index (χ1n) is 17.6. The summed E-state index contributed by atoms with van der Waals surface area (Å²) >= 11 is 0. The molecule has 0 N–H and O–H groups in total. The van der Waals surface area contributed by atoms with Gasteiger partial charge in [0.2, 0.25) is 0 Å². The molecule has 53 heavy (non-hydrogen) atoms. The summed E-state index contributed by atoms with van der Waals surface area (Å²) in [5.41, 5.74) is 14.3. The first-order chi connectivity index (χ1) is 25.4. The molecule has 0 bridgehead atoms. The molecule has 0 saturated heterocycles. The average molecular weight is 873 g/mol. The summed E-state index contributed by atoms with van der Waals surface area (Å²) in [5, 5.41) is 4.32. The van der Waals surface area contributed by atoms with Crippen LogP contribution in [0.1, 0.15) is 45.0 Å². The number of benzene rings is 2. The predicted octanol–water partition coefficient (Wildman–Crippen LogP) is 8.92. The number of hydrogen-bond acceptors (Lipinski definition) is 3. The zero-order valence-corrected chi connectivity index (χ0v) is 32.9. The topological polar surface area (TPSA) is 58.4 Å². The van der Waals surface area contributed by atoms with E-state index < -0.39 is 0 Å². The van der Waals surface area contributed by atoms with Gasteiger partial charge in [0.05, 0.1) is 29.3 Å². The molecule has 6 heterocycles. The van der Waals surface area contributed by atoms with Crippen molar-refractivity contribution in [3.05, 3.63) is 198 Å². The molecule has 0 atom stereocenters. The van der Waals surface area contributed by atoms with Crippen molar-refractivity contribution in [2.24, 2.45) is 0 Å². The Kier molecular flexibility index (Phi) is 12.1. The van der Waals surface area contributed by atoms with Crippen molar-refractivity contribution in [3.63, 3.8) is 0 Å². The maximum Gasteiger partial charge on any atom is 3.00 e. The summed E-state index contributed by atoms with van der Waals surface area (Å²) in [6.45, 7) is 11.5. The van der Waals surface area contributed by atoms with Crippen molar-refractivity contribution in [3.8, 4) is 22.3 Å². The molecule has 8 rings (SSSR count). The van der Waals surface area contributed by atoms with E-state index in [4.69, 9.17) is 9.97 Å². The van der Waals surface area contributed by atoms with Crippen LogP contribution in [0.15, 0.2) is 134 Å². The first kappa shape index (κ1) is 37.2. The number of aromatic nitrogens is 7. The van der Waals surface area contributed by atoms with E-state index in [0.717, 1.165) is 22.8 Å². The van der Waals surface area contributed by atoms with Crippen LogP contribution >= 0.6 is 0 Å². The molecule has 7 nitrogen and oxygen atoms in total. The normalized spacial score (nSPS) is 10.8. The van der Waals surface area contributed by atoms with Gasteiger partial charge >= 0.3 is 20.1 Å². The number of nitrogens with zero attached hydrogens (tertiary/aromatic N) is 7. The Hall–Kier alpha value is -5.56. The Bertz CT molecular complexity index is 2020. The molecule has 0 spiro atoms. The third-order valence-corrected chi connectivity index (χ3v) is 9.09. The molecule has 0 aliphatic rings. The third-order valence-electron chi connectivity index (χ3n) is 9.09. The minimum atomic E-state index is 0. The minimum Gasteiger partial charge on any atom is -0.466 e. The van der Waals surface area contributed by atoms with E-state index in [9.17, 15) is 0 Å². The van der Waals surface area contributed by atoms with Gasteiger partial charge in [-0.3, -0.25) is 14.6 Å². The molecule has 0 amide bonds. The van der Waals surface area contributed by atoms with Crippen molar-refractivity contribution >= 4 is 0 Å². The van der Waals surface area contributed by atoms with Gasteiger partial charge in [-0.05, 0) is 103 Å². The molecule has 8 heteroatoms. The van der Waals surface area contributed by atoms with Crippen LogP contribution < -0.4 is 0 Å². The van der Waals surface area contributed by atoms with Gasteiger partial charge in [0.25, 0.3) is 0 Å². The van der Waals surface area contributed by atoms with E-state index >= 15 is 0 Å². The summed E-state index contributed by atoms with van der Waals surface area (Å²) in [5.74, 6) is 0. The second-order valence-corrected chi connectivity index (χ2v) is 13.2. The van der Waals surface area contributed by atoms with Crippen molar-refractivity contribution < 1.29 is 20.1 Å². The Morgan fingerprint density at radius 1 is 0.472 bits per heavy atom. The van der Waals surface area contributed by atoms with Gasteiger partial charge in [0.1, 0.15) is 0 Å². The zero-order valence-electron chi connectivity index (χ0n) is 30.5. The van der Waals surface area contributed by atoms with Gasteiger partial charge in [0, 0.05) is 32.0 Å². The molecule has 2 aromatic carbocycles. The van der Waals surface area contributed by atoms with Gasteiger partial charge in [-0.2, -0.15) is 41.5 Å². The summed E-state index contributed by atoms with van der Waals surface area (Å²) in [6.07, 6.45) is 19.4. The molecule has 0 unspecified atom stereocenters. The van der Waals surface area contributed by atoms with Gasteiger partial charge in [-0.15, -0.1) is 37.2 Å². The van der Waals surface area contributed by atoms with Crippen LogP contribution in [-0.4, -0.2) is 33.4 Å². The predicted molar refractivity (Wildman–Crippen MR) is 207 cm³/mol. The maximum atomic E-state index is 4.89. The summed E-state index contributed by atoms with van der Waals surface area (Å²) in [6, 6.07) is 35.3. The molecule has 0 saturated carbocycles. The van der Waals surface area contributed by atoms with Crippen molar-refractivity contribution in [1.29, 1.82) is 0 Å². The van der Waals surface area contributed by atoms with E-state index in [1.54, 1.807) is 6.20 Å². The molecule has 0 fully saturated rings. The fraction of sp³-hybridized carbons (Fsp3) is 0.178. The number of pyridine rings is 2. The van der Waals surface area contributed by atoms with Crippen LogP contribution in [0, 0.1) is 46.3 Å². The Morgan fingerprint density at radius 3 is 1.17 bits per heavy atom. The SMILES string of the molecule is Cc1cccc(C)c1-c1cc(Cn2[c-]ccc2)nc(Cn2[c-]ccc2)c1.Cc1cccc(C)c1-c1cc(Cn2[c-]ccc2)nc(Cn2cccn2)c1.[Ir+3]. The Balaban J connectivity index is 0.000000178. The van der Waals surface area contributed by atoms with Crippen LogP contribution in [-0.2, 0) is 46.3 Å². The van der Waals surface area contributed by atoms with E-state index in [2.05, 4.69) is 112 Å². The van der Waals surface area contributed by atoms with Crippen LogP contribution in [0.5, 0.6) is 0 Å². The molecule has 0 radical (unpaired) electrons. The van der Waals surface area contributed by atoms with Crippen LogP contribution in [0.3, 0.4) is 0 Å². The Labute approximate surface area is 326 Å². The molecular weight excluding hydrogens is 831 g/mol. The van der Waals surface area contributed by atoms with Crippen molar-refractivity contribution in [2.45, 2.75) is 53.9 Å². The van der Waals surface area contributed by atoms with Gasteiger partial charge < -0.3 is 13.7 Å². The largest absolute Gasteiger partial charge is 3.00 e. The van der Waals surface area contributed by atoms with Crippen LogP contribution in [0.2, 0.25) is 0 Å². The number of rotatable bonds is 10. The first-order valence-corrected chi connectivity index (χ1v) is 17.6. The number of aryl methyl sites for hydroxylation is 4. The van der Waals surface area contributed by atoms with E-state index in [1.165, 1.54) is 44.5 Å². The maximum absolute atomic E-state index is 4.89. The van der Waals surface area contributed by atoms with E-state index in [-0.39, 0.29) is 20.1 Å². The van der Waals surface area contributed by atoms with E-state index in [0.29, 0.717) is 26.2 Å². The Morgan fingerprint density at radius 2 is 0.849 bits per heavy atom. The fourth-order valence-corrected chi connectivity index (χ4v) is 6.82. The molecular formula is C45H42IrN7. The smallest absolute Gasteiger partial charge is 0.466 e. The molecule has 0 aliphatic heterocycles. The third kappa shape index (κ3) is 9.46. The quantitative estimate of drug-likeness (QED) is 0.129. The fourth-order valence-electron chi connectivity index (χ4n) is 6.82. The number of hydrogen-bond donors (Lipinski definition) is 0. The van der Waals surface area contributed by atoms with Gasteiger partial charge in [-0.1, -0.05) is 36.4 Å². The average Bonchev–Trinajstić information content (AvgIpc) is 3.96. The van der Waals surface area contributed by atoms with Crippen LogP contribution in [0.25, 0.3) is 22.3 Å².